The molecule has 3 rings (SSSR count). The first-order chi connectivity index (χ1) is 10.2. The lowest BCUT2D eigenvalue weighted by molar-refractivity contribution is -0.123. The van der Waals surface area contributed by atoms with Crippen LogP contribution in [0.2, 0.25) is 5.02 Å². The monoisotopic (exact) mass is 308 g/mol. The summed E-state index contributed by atoms with van der Waals surface area (Å²) < 4.78 is 5.48. The van der Waals surface area contributed by atoms with E-state index in [0.29, 0.717) is 22.7 Å². The van der Waals surface area contributed by atoms with Crippen molar-refractivity contribution in [2.24, 2.45) is 5.92 Å². The Bertz CT molecular complexity index is 513. The Labute approximate surface area is 130 Å². The highest BCUT2D eigenvalue weighted by atomic mass is 35.5. The minimum Gasteiger partial charge on any atom is -0.482 e. The van der Waals surface area contributed by atoms with Crippen LogP contribution >= 0.6 is 11.6 Å². The van der Waals surface area contributed by atoms with Crippen LogP contribution in [0.1, 0.15) is 31.2 Å². The van der Waals surface area contributed by atoms with E-state index in [0.717, 1.165) is 18.7 Å². The number of amides is 1. The largest absolute Gasteiger partial charge is 0.482 e. The normalized spacial score (nSPS) is 17.6. The van der Waals surface area contributed by atoms with Crippen LogP contribution < -0.4 is 15.4 Å². The Balaban J connectivity index is 1.44. The first-order valence-electron chi connectivity index (χ1n) is 7.62. The summed E-state index contributed by atoms with van der Waals surface area (Å²) in [6.45, 7) is 1.61. The Kier molecular flexibility index (Phi) is 4.66. The van der Waals surface area contributed by atoms with Gasteiger partial charge in [-0.2, -0.15) is 0 Å². The second-order valence-electron chi connectivity index (χ2n) is 5.96. The number of hydrogen-bond donors (Lipinski definition) is 2. The van der Waals surface area contributed by atoms with Crippen LogP contribution in [-0.4, -0.2) is 25.1 Å². The van der Waals surface area contributed by atoms with Gasteiger partial charge in [-0.05, 0) is 49.3 Å². The quantitative estimate of drug-likeness (QED) is 0.776. The molecule has 5 heteroatoms. The number of nitrogens with one attached hydrogen (secondary N) is 2. The number of rotatable bonds is 8. The van der Waals surface area contributed by atoms with Crippen LogP contribution in [0.4, 0.5) is 0 Å². The van der Waals surface area contributed by atoms with Crippen molar-refractivity contribution in [3.05, 3.63) is 28.8 Å². The van der Waals surface area contributed by atoms with E-state index in [-0.39, 0.29) is 12.5 Å². The van der Waals surface area contributed by atoms with Crippen LogP contribution in [0.5, 0.6) is 5.75 Å². The van der Waals surface area contributed by atoms with Gasteiger partial charge < -0.3 is 15.4 Å². The molecule has 1 aromatic carbocycles. The summed E-state index contributed by atoms with van der Waals surface area (Å²) in [4.78, 5) is 11.6. The van der Waals surface area contributed by atoms with Crippen LogP contribution in [0.15, 0.2) is 18.2 Å². The van der Waals surface area contributed by atoms with E-state index in [1.54, 1.807) is 0 Å². The lowest BCUT2D eigenvalue weighted by Crippen LogP contribution is -2.30. The van der Waals surface area contributed by atoms with Crippen molar-refractivity contribution >= 4 is 17.5 Å². The highest BCUT2D eigenvalue weighted by Gasteiger charge is 2.22. The second kappa shape index (κ2) is 6.67. The Morgan fingerprint density at radius 3 is 2.76 bits per heavy atom. The average molecular weight is 309 g/mol. The minimum atomic E-state index is -0.0857. The average Bonchev–Trinajstić information content (AvgIpc) is 3.36. The van der Waals surface area contributed by atoms with Crippen molar-refractivity contribution in [2.75, 3.05) is 13.2 Å². The number of halogens is 1. The van der Waals surface area contributed by atoms with Gasteiger partial charge in [0.15, 0.2) is 6.61 Å². The first kappa shape index (κ1) is 14.7. The summed E-state index contributed by atoms with van der Waals surface area (Å²) in [5, 5.41) is 6.86. The van der Waals surface area contributed by atoms with E-state index in [1.807, 2.05) is 18.2 Å². The van der Waals surface area contributed by atoms with Gasteiger partial charge in [-0.25, -0.2) is 0 Å². The molecule has 2 aliphatic rings. The lowest BCUT2D eigenvalue weighted by atomic mass is 10.2. The van der Waals surface area contributed by atoms with E-state index >= 15 is 0 Å². The van der Waals surface area contributed by atoms with Gasteiger partial charge in [0, 0.05) is 19.1 Å². The summed E-state index contributed by atoms with van der Waals surface area (Å²) in [5.74, 6) is 1.15. The van der Waals surface area contributed by atoms with Crippen LogP contribution in [-0.2, 0) is 11.3 Å². The van der Waals surface area contributed by atoms with E-state index in [2.05, 4.69) is 10.6 Å². The molecule has 0 saturated heterocycles. The lowest BCUT2D eigenvalue weighted by Gasteiger charge is -2.10. The van der Waals surface area contributed by atoms with Crippen LogP contribution in [0, 0.1) is 5.92 Å². The fraction of sp³-hybridized carbons (Fsp3) is 0.562. The summed E-state index contributed by atoms with van der Waals surface area (Å²) in [6, 6.07) is 6.39. The third kappa shape index (κ3) is 4.90. The zero-order chi connectivity index (χ0) is 14.7. The van der Waals surface area contributed by atoms with Crippen LogP contribution in [0.3, 0.4) is 0 Å². The summed E-state index contributed by atoms with van der Waals surface area (Å²) in [5.41, 5.74) is 1.14. The predicted octanol–water partition coefficient (Wildman–Crippen LogP) is 2.50. The molecule has 2 N–H and O–H groups in total. The maximum absolute atomic E-state index is 11.6. The number of carbonyl (C=O) groups is 1. The Morgan fingerprint density at radius 2 is 2.10 bits per heavy atom. The predicted molar refractivity (Wildman–Crippen MR) is 82.5 cm³/mol. The maximum Gasteiger partial charge on any atom is 0.257 e. The topological polar surface area (TPSA) is 50.4 Å². The highest BCUT2D eigenvalue weighted by Crippen LogP contribution is 2.28. The fourth-order valence-electron chi connectivity index (χ4n) is 2.10. The SMILES string of the molecule is O=C(COc1ccc(CNC2CC2)cc1Cl)NCC1CC1. The maximum atomic E-state index is 11.6. The van der Waals surface area contributed by atoms with Crippen molar-refractivity contribution in [2.45, 2.75) is 38.3 Å². The molecular formula is C16H21ClN2O2. The highest BCUT2D eigenvalue weighted by molar-refractivity contribution is 6.32. The standard InChI is InChI=1S/C16H21ClN2O2/c17-14-7-12(9-18-13-4-5-13)3-6-15(14)21-10-16(20)19-8-11-1-2-11/h3,6-7,11,13,18H,1-2,4-5,8-10H2,(H,19,20). The third-order valence-corrected chi connectivity index (χ3v) is 4.11. The van der Waals surface area contributed by atoms with E-state index in [1.165, 1.54) is 25.7 Å². The number of carbonyl (C=O) groups excluding carboxylic acids is 1. The molecule has 114 valence electrons. The summed E-state index contributed by atoms with van der Waals surface area (Å²) >= 11 is 6.20. The minimum absolute atomic E-state index is 0.0200. The molecular weight excluding hydrogens is 288 g/mol. The van der Waals surface area contributed by atoms with Gasteiger partial charge in [-0.3, -0.25) is 4.79 Å². The van der Waals surface area contributed by atoms with E-state index in [4.69, 9.17) is 16.3 Å². The second-order valence-corrected chi connectivity index (χ2v) is 6.36. The summed E-state index contributed by atoms with van der Waals surface area (Å²) in [7, 11) is 0. The first-order valence-corrected chi connectivity index (χ1v) is 8.00. The molecule has 0 unspecified atom stereocenters. The Morgan fingerprint density at radius 1 is 1.29 bits per heavy atom. The van der Waals surface area contributed by atoms with Gasteiger partial charge >= 0.3 is 0 Å². The van der Waals surface area contributed by atoms with E-state index in [9.17, 15) is 4.79 Å². The molecule has 2 fully saturated rings. The number of benzene rings is 1. The van der Waals surface area contributed by atoms with Gasteiger partial charge in [0.05, 0.1) is 5.02 Å². The van der Waals surface area contributed by atoms with Crippen molar-refractivity contribution in [1.29, 1.82) is 0 Å². The fourth-order valence-corrected chi connectivity index (χ4v) is 2.35. The molecule has 1 amide bonds. The van der Waals surface area contributed by atoms with Crippen LogP contribution in [0.25, 0.3) is 0 Å². The van der Waals surface area contributed by atoms with Crippen molar-refractivity contribution in [3.63, 3.8) is 0 Å². The number of hydrogen-bond acceptors (Lipinski definition) is 3. The molecule has 0 aliphatic heterocycles. The summed E-state index contributed by atoms with van der Waals surface area (Å²) in [6.07, 6.45) is 4.99. The third-order valence-electron chi connectivity index (χ3n) is 3.81. The van der Waals surface area contributed by atoms with Gasteiger partial charge in [-0.1, -0.05) is 17.7 Å². The molecule has 21 heavy (non-hydrogen) atoms. The van der Waals surface area contributed by atoms with Gasteiger partial charge in [0.25, 0.3) is 5.91 Å². The van der Waals surface area contributed by atoms with E-state index < -0.39 is 0 Å². The molecule has 0 radical (unpaired) electrons. The molecule has 0 bridgehead atoms. The molecule has 0 aromatic heterocycles. The van der Waals surface area contributed by atoms with Crippen molar-refractivity contribution in [1.82, 2.24) is 10.6 Å². The molecule has 2 saturated carbocycles. The smallest absolute Gasteiger partial charge is 0.257 e. The number of ether oxygens (including phenoxy) is 1. The van der Waals surface area contributed by atoms with Crippen molar-refractivity contribution < 1.29 is 9.53 Å². The molecule has 0 heterocycles. The zero-order valence-electron chi connectivity index (χ0n) is 12.0. The molecule has 1 aromatic rings. The molecule has 2 aliphatic carbocycles. The van der Waals surface area contributed by atoms with Gasteiger partial charge in [-0.15, -0.1) is 0 Å². The van der Waals surface area contributed by atoms with Crippen molar-refractivity contribution in [3.8, 4) is 5.75 Å². The Hall–Kier alpha value is -1.26. The van der Waals surface area contributed by atoms with Gasteiger partial charge in [0.1, 0.15) is 5.75 Å². The molecule has 4 nitrogen and oxygen atoms in total. The molecule has 0 atom stereocenters. The van der Waals surface area contributed by atoms with Gasteiger partial charge in [0.2, 0.25) is 0 Å². The molecule has 0 spiro atoms. The zero-order valence-corrected chi connectivity index (χ0v) is 12.8.